The third-order valence-electron chi connectivity index (χ3n) is 3.54. The monoisotopic (exact) mass is 371 g/mol. The van der Waals surface area contributed by atoms with Crippen LogP contribution in [-0.2, 0) is 16.1 Å². The number of ether oxygens (including phenoxy) is 1. The van der Waals surface area contributed by atoms with Crippen LogP contribution in [0, 0.1) is 0 Å². The molecule has 0 saturated carbocycles. The predicted molar refractivity (Wildman–Crippen MR) is 98.3 cm³/mol. The van der Waals surface area contributed by atoms with Gasteiger partial charge in [0.1, 0.15) is 12.4 Å². The summed E-state index contributed by atoms with van der Waals surface area (Å²) in [6, 6.07) is 11.1. The molecule has 26 heavy (non-hydrogen) atoms. The van der Waals surface area contributed by atoms with Crippen LogP contribution in [0.3, 0.4) is 0 Å². The van der Waals surface area contributed by atoms with Crippen LogP contribution in [0.4, 0.5) is 4.79 Å². The van der Waals surface area contributed by atoms with Crippen LogP contribution >= 0.6 is 11.8 Å². The first-order chi connectivity index (χ1) is 12.7. The Balaban J connectivity index is 1.37. The van der Waals surface area contributed by atoms with Gasteiger partial charge in [-0.1, -0.05) is 29.1 Å². The number of carbonyl (C=O) groups is 2. The average Bonchev–Trinajstić information content (AvgIpc) is 2.97. The number of imide groups is 1. The first-order valence-electron chi connectivity index (χ1n) is 7.99. The largest absolute Gasteiger partial charge is 0.490 e. The van der Waals surface area contributed by atoms with Gasteiger partial charge in [-0.05, 0) is 41.8 Å². The first-order valence-corrected chi connectivity index (χ1v) is 8.87. The SMILES string of the molecule is O=C1NC(=O)C(Cc2ccc(OCCON=Cc3ccncc3)cc2)S1. The molecule has 0 spiro atoms. The number of aromatic nitrogens is 1. The molecule has 0 aliphatic carbocycles. The topological polar surface area (TPSA) is 89.9 Å². The molecule has 1 N–H and O–H groups in total. The van der Waals surface area contributed by atoms with E-state index >= 15 is 0 Å². The predicted octanol–water partition coefficient (Wildman–Crippen LogP) is 2.41. The maximum atomic E-state index is 11.6. The minimum Gasteiger partial charge on any atom is -0.490 e. The molecular weight excluding hydrogens is 354 g/mol. The van der Waals surface area contributed by atoms with E-state index in [0.29, 0.717) is 25.4 Å². The molecule has 1 unspecified atom stereocenters. The highest BCUT2D eigenvalue weighted by Crippen LogP contribution is 2.23. The van der Waals surface area contributed by atoms with Crippen LogP contribution in [0.5, 0.6) is 5.75 Å². The summed E-state index contributed by atoms with van der Waals surface area (Å²) in [5, 5.41) is 5.50. The van der Waals surface area contributed by atoms with Gasteiger partial charge in [0.05, 0.1) is 11.5 Å². The van der Waals surface area contributed by atoms with E-state index in [1.54, 1.807) is 18.6 Å². The minimum absolute atomic E-state index is 0.232. The summed E-state index contributed by atoms with van der Waals surface area (Å²) in [5.74, 6) is 0.472. The summed E-state index contributed by atoms with van der Waals surface area (Å²) in [5.41, 5.74) is 1.88. The van der Waals surface area contributed by atoms with Crippen molar-refractivity contribution in [2.24, 2.45) is 5.16 Å². The van der Waals surface area contributed by atoms with Crippen LogP contribution in [-0.4, -0.2) is 40.8 Å². The Hall–Kier alpha value is -2.87. The van der Waals surface area contributed by atoms with Crippen molar-refractivity contribution >= 4 is 29.1 Å². The zero-order chi connectivity index (χ0) is 18.2. The molecule has 1 aliphatic heterocycles. The van der Waals surface area contributed by atoms with Crippen LogP contribution in [0.1, 0.15) is 11.1 Å². The smallest absolute Gasteiger partial charge is 0.286 e. The Morgan fingerprint density at radius 3 is 2.58 bits per heavy atom. The molecule has 8 heteroatoms. The Bertz CT molecular complexity index is 781. The number of amides is 2. The molecule has 2 aromatic rings. The molecule has 2 heterocycles. The van der Waals surface area contributed by atoms with Gasteiger partial charge < -0.3 is 9.57 Å². The second kappa shape index (κ2) is 9.00. The van der Waals surface area contributed by atoms with E-state index in [1.165, 1.54) is 0 Å². The van der Waals surface area contributed by atoms with Crippen molar-refractivity contribution in [3.8, 4) is 5.75 Å². The van der Waals surface area contributed by atoms with Gasteiger partial charge in [-0.2, -0.15) is 0 Å². The van der Waals surface area contributed by atoms with E-state index in [1.807, 2.05) is 36.4 Å². The Kier molecular flexibility index (Phi) is 6.21. The van der Waals surface area contributed by atoms with Gasteiger partial charge >= 0.3 is 0 Å². The number of hydrogen-bond donors (Lipinski definition) is 1. The van der Waals surface area contributed by atoms with Crippen LogP contribution < -0.4 is 10.1 Å². The van der Waals surface area contributed by atoms with Gasteiger partial charge in [-0.25, -0.2) is 0 Å². The van der Waals surface area contributed by atoms with E-state index in [4.69, 9.17) is 9.57 Å². The molecular formula is C18H17N3O4S. The van der Waals surface area contributed by atoms with E-state index in [0.717, 1.165) is 22.9 Å². The van der Waals surface area contributed by atoms with Gasteiger partial charge in [0.2, 0.25) is 5.91 Å². The maximum Gasteiger partial charge on any atom is 0.286 e. The van der Waals surface area contributed by atoms with E-state index in [9.17, 15) is 9.59 Å². The van der Waals surface area contributed by atoms with Gasteiger partial charge in [0.15, 0.2) is 6.61 Å². The van der Waals surface area contributed by atoms with E-state index in [-0.39, 0.29) is 16.4 Å². The minimum atomic E-state index is -0.360. The summed E-state index contributed by atoms with van der Waals surface area (Å²) >= 11 is 1.03. The number of carbonyl (C=O) groups excluding carboxylic acids is 2. The van der Waals surface area contributed by atoms with Crippen LogP contribution in [0.2, 0.25) is 0 Å². The second-order valence-electron chi connectivity index (χ2n) is 5.43. The standard InChI is InChI=1S/C18H17N3O4S/c22-17-16(26-18(23)21-17)11-13-1-3-15(4-2-13)24-9-10-25-20-12-14-5-7-19-8-6-14/h1-8,12,16H,9-11H2,(H,21,22,23). The number of thioether (sulfide) groups is 1. The summed E-state index contributed by atoms with van der Waals surface area (Å²) < 4.78 is 5.57. The van der Waals surface area contributed by atoms with Crippen molar-refractivity contribution in [2.45, 2.75) is 11.7 Å². The van der Waals surface area contributed by atoms with Gasteiger partial charge in [0.25, 0.3) is 5.24 Å². The first kappa shape index (κ1) is 17.9. The van der Waals surface area contributed by atoms with Crippen molar-refractivity contribution < 1.29 is 19.2 Å². The summed E-state index contributed by atoms with van der Waals surface area (Å²) in [7, 11) is 0. The average molecular weight is 371 g/mol. The fourth-order valence-electron chi connectivity index (χ4n) is 2.26. The molecule has 1 aromatic heterocycles. The lowest BCUT2D eigenvalue weighted by atomic mass is 10.1. The number of benzene rings is 1. The number of rotatable bonds is 8. The molecule has 1 atom stereocenters. The molecule has 3 rings (SSSR count). The fourth-order valence-corrected chi connectivity index (χ4v) is 3.12. The third kappa shape index (κ3) is 5.32. The van der Waals surface area contributed by atoms with Crippen molar-refractivity contribution in [1.82, 2.24) is 10.3 Å². The Labute approximate surface area is 154 Å². The lowest BCUT2D eigenvalue weighted by Gasteiger charge is -2.08. The van der Waals surface area contributed by atoms with E-state index < -0.39 is 0 Å². The highest BCUT2D eigenvalue weighted by atomic mass is 32.2. The Morgan fingerprint density at radius 2 is 1.88 bits per heavy atom. The highest BCUT2D eigenvalue weighted by molar-refractivity contribution is 8.15. The zero-order valence-electron chi connectivity index (χ0n) is 13.8. The number of nitrogens with one attached hydrogen (secondary N) is 1. The van der Waals surface area contributed by atoms with Crippen molar-refractivity contribution in [3.05, 3.63) is 59.9 Å². The van der Waals surface area contributed by atoms with Gasteiger partial charge in [0, 0.05) is 12.4 Å². The second-order valence-corrected chi connectivity index (χ2v) is 6.60. The van der Waals surface area contributed by atoms with Gasteiger partial charge in [-0.3, -0.25) is 19.9 Å². The van der Waals surface area contributed by atoms with Crippen molar-refractivity contribution in [3.63, 3.8) is 0 Å². The fraction of sp³-hybridized carbons (Fsp3) is 0.222. The molecule has 7 nitrogen and oxygen atoms in total. The zero-order valence-corrected chi connectivity index (χ0v) is 14.6. The highest BCUT2D eigenvalue weighted by Gasteiger charge is 2.31. The number of nitrogens with zero attached hydrogens (tertiary/aromatic N) is 2. The molecule has 1 aliphatic rings. The quantitative estimate of drug-likeness (QED) is 0.435. The molecule has 134 valence electrons. The molecule has 1 aromatic carbocycles. The summed E-state index contributed by atoms with van der Waals surface area (Å²) in [6.07, 6.45) is 5.49. The maximum absolute atomic E-state index is 11.6. The van der Waals surface area contributed by atoms with E-state index in [2.05, 4.69) is 15.5 Å². The number of hydrogen-bond acceptors (Lipinski definition) is 7. The normalized spacial score (nSPS) is 16.7. The molecule has 2 amide bonds. The molecule has 1 fully saturated rings. The number of oxime groups is 1. The lowest BCUT2D eigenvalue weighted by molar-refractivity contribution is -0.118. The molecule has 1 saturated heterocycles. The van der Waals surface area contributed by atoms with Crippen LogP contribution in [0.25, 0.3) is 0 Å². The van der Waals surface area contributed by atoms with Crippen LogP contribution in [0.15, 0.2) is 53.9 Å². The van der Waals surface area contributed by atoms with Crippen molar-refractivity contribution in [1.29, 1.82) is 0 Å². The number of pyridine rings is 1. The molecule has 0 radical (unpaired) electrons. The lowest BCUT2D eigenvalue weighted by Crippen LogP contribution is -2.25. The van der Waals surface area contributed by atoms with Crippen molar-refractivity contribution in [2.75, 3.05) is 13.2 Å². The summed E-state index contributed by atoms with van der Waals surface area (Å²) in [6.45, 7) is 0.687. The summed E-state index contributed by atoms with van der Waals surface area (Å²) in [4.78, 5) is 31.8. The molecule has 0 bridgehead atoms. The van der Waals surface area contributed by atoms with Gasteiger partial charge in [-0.15, -0.1) is 0 Å². The Morgan fingerprint density at radius 1 is 1.12 bits per heavy atom. The third-order valence-corrected chi connectivity index (χ3v) is 4.52.